The molecule has 0 aliphatic heterocycles. The Kier molecular flexibility index (Phi) is 8.46. The molecule has 0 radical (unpaired) electrons. The fourth-order valence-corrected chi connectivity index (χ4v) is 3.01. The van der Waals surface area contributed by atoms with Crippen molar-refractivity contribution >= 4 is 11.8 Å². The number of amides is 2. The molecule has 1 atom stereocenters. The number of ether oxygens (including phenoxy) is 1. The molecule has 0 aromatic heterocycles. The highest BCUT2D eigenvalue weighted by atomic mass is 16.5. The molecular weight excluding hydrogens is 376 g/mol. The second-order valence-corrected chi connectivity index (χ2v) is 8.38. The van der Waals surface area contributed by atoms with Crippen molar-refractivity contribution < 1.29 is 14.3 Å². The molecule has 2 aromatic rings. The molecule has 1 unspecified atom stereocenters. The summed E-state index contributed by atoms with van der Waals surface area (Å²) in [7, 11) is 0. The first kappa shape index (κ1) is 23.5. The number of nitrogens with one attached hydrogen (secondary N) is 1. The van der Waals surface area contributed by atoms with E-state index in [0.29, 0.717) is 24.8 Å². The van der Waals surface area contributed by atoms with Gasteiger partial charge < -0.3 is 15.0 Å². The molecule has 2 aromatic carbocycles. The van der Waals surface area contributed by atoms with E-state index in [-0.39, 0.29) is 18.4 Å². The first-order valence-corrected chi connectivity index (χ1v) is 10.5. The fraction of sp³-hybridized carbons (Fsp3) is 0.440. The average molecular weight is 411 g/mol. The third-order valence-electron chi connectivity index (χ3n) is 5.02. The summed E-state index contributed by atoms with van der Waals surface area (Å²) in [5.74, 6) is 0.658. The summed E-state index contributed by atoms with van der Waals surface area (Å²) in [6, 6.07) is 13.3. The van der Waals surface area contributed by atoms with E-state index in [0.717, 1.165) is 22.3 Å². The van der Waals surface area contributed by atoms with Gasteiger partial charge in [0.25, 0.3) is 5.91 Å². The van der Waals surface area contributed by atoms with Gasteiger partial charge in [-0.25, -0.2) is 0 Å². The van der Waals surface area contributed by atoms with Crippen LogP contribution in [0.2, 0.25) is 0 Å². The Labute approximate surface area is 180 Å². The van der Waals surface area contributed by atoms with E-state index in [9.17, 15) is 9.59 Å². The van der Waals surface area contributed by atoms with Gasteiger partial charge in [0, 0.05) is 13.1 Å². The standard InChI is InChI=1S/C25H34N2O3/c1-17(2)14-26-25(29)21(6)27(15-22-11-8-18(3)9-12-22)24(28)16-30-23-13-19(4)7-10-20(23)5/h7-13,17,21H,14-16H2,1-6H3,(H,26,29). The van der Waals surface area contributed by atoms with Gasteiger partial charge >= 0.3 is 0 Å². The molecule has 5 heteroatoms. The Morgan fingerprint density at radius 3 is 2.23 bits per heavy atom. The Morgan fingerprint density at radius 2 is 1.60 bits per heavy atom. The van der Waals surface area contributed by atoms with Gasteiger partial charge in [0.2, 0.25) is 5.91 Å². The van der Waals surface area contributed by atoms with Gasteiger partial charge in [-0.05, 0) is 56.4 Å². The van der Waals surface area contributed by atoms with Crippen molar-refractivity contribution in [1.29, 1.82) is 0 Å². The Hall–Kier alpha value is -2.82. The second kappa shape index (κ2) is 10.8. The van der Waals surface area contributed by atoms with Crippen molar-refractivity contribution in [3.63, 3.8) is 0 Å². The Bertz CT molecular complexity index is 859. The maximum atomic E-state index is 13.1. The third kappa shape index (κ3) is 6.90. The minimum absolute atomic E-state index is 0.113. The minimum Gasteiger partial charge on any atom is -0.483 e. The Balaban J connectivity index is 2.15. The number of benzene rings is 2. The van der Waals surface area contributed by atoms with Gasteiger partial charge in [0.1, 0.15) is 11.8 Å². The van der Waals surface area contributed by atoms with Crippen LogP contribution in [0.4, 0.5) is 0 Å². The van der Waals surface area contributed by atoms with Crippen LogP contribution in [0.5, 0.6) is 5.75 Å². The van der Waals surface area contributed by atoms with Crippen LogP contribution in [0.3, 0.4) is 0 Å². The number of hydrogen-bond acceptors (Lipinski definition) is 3. The van der Waals surface area contributed by atoms with E-state index < -0.39 is 6.04 Å². The lowest BCUT2D eigenvalue weighted by atomic mass is 10.1. The molecule has 0 spiro atoms. The maximum Gasteiger partial charge on any atom is 0.261 e. The predicted octanol–water partition coefficient (Wildman–Crippen LogP) is 4.18. The van der Waals surface area contributed by atoms with Crippen molar-refractivity contribution in [1.82, 2.24) is 10.2 Å². The summed E-state index contributed by atoms with van der Waals surface area (Å²) in [4.78, 5) is 27.3. The molecule has 5 nitrogen and oxygen atoms in total. The highest BCUT2D eigenvalue weighted by Crippen LogP contribution is 2.19. The lowest BCUT2D eigenvalue weighted by Gasteiger charge is -2.29. The van der Waals surface area contributed by atoms with Gasteiger partial charge in [-0.15, -0.1) is 0 Å². The molecule has 2 rings (SSSR count). The van der Waals surface area contributed by atoms with Crippen molar-refractivity contribution in [3.8, 4) is 5.75 Å². The largest absolute Gasteiger partial charge is 0.483 e. The molecule has 0 bridgehead atoms. The lowest BCUT2D eigenvalue weighted by molar-refractivity contribution is -0.142. The van der Waals surface area contributed by atoms with Crippen LogP contribution in [0, 0.1) is 26.7 Å². The zero-order chi connectivity index (χ0) is 22.3. The van der Waals surface area contributed by atoms with Crippen LogP contribution < -0.4 is 10.1 Å². The van der Waals surface area contributed by atoms with Gasteiger partial charge in [-0.2, -0.15) is 0 Å². The zero-order valence-electron chi connectivity index (χ0n) is 19.0. The minimum atomic E-state index is -0.597. The van der Waals surface area contributed by atoms with E-state index in [4.69, 9.17) is 4.74 Å². The van der Waals surface area contributed by atoms with E-state index in [2.05, 4.69) is 5.32 Å². The smallest absolute Gasteiger partial charge is 0.261 e. The van der Waals surface area contributed by atoms with Crippen molar-refractivity contribution in [2.45, 2.75) is 54.1 Å². The lowest BCUT2D eigenvalue weighted by Crippen LogP contribution is -2.49. The highest BCUT2D eigenvalue weighted by molar-refractivity contribution is 5.88. The van der Waals surface area contributed by atoms with Crippen molar-refractivity contribution in [3.05, 3.63) is 64.7 Å². The number of carbonyl (C=O) groups is 2. The number of nitrogens with zero attached hydrogens (tertiary/aromatic N) is 1. The molecule has 0 fully saturated rings. The maximum absolute atomic E-state index is 13.1. The molecule has 1 N–H and O–H groups in total. The molecule has 162 valence electrons. The van der Waals surface area contributed by atoms with Crippen molar-refractivity contribution in [2.24, 2.45) is 5.92 Å². The average Bonchev–Trinajstić information content (AvgIpc) is 2.71. The molecule has 30 heavy (non-hydrogen) atoms. The van der Waals surface area contributed by atoms with Crippen LogP contribution in [0.1, 0.15) is 43.0 Å². The van der Waals surface area contributed by atoms with Crippen LogP contribution in [-0.2, 0) is 16.1 Å². The first-order valence-electron chi connectivity index (χ1n) is 10.5. The summed E-state index contributed by atoms with van der Waals surface area (Å²) in [6.45, 7) is 12.6. The third-order valence-corrected chi connectivity index (χ3v) is 5.02. The summed E-state index contributed by atoms with van der Waals surface area (Å²) in [6.07, 6.45) is 0. The highest BCUT2D eigenvalue weighted by Gasteiger charge is 2.26. The molecule has 2 amide bonds. The monoisotopic (exact) mass is 410 g/mol. The normalized spacial score (nSPS) is 11.8. The van der Waals surface area contributed by atoms with Gasteiger partial charge in [0.05, 0.1) is 0 Å². The number of rotatable bonds is 9. The molecule has 0 saturated heterocycles. The molecule has 0 aliphatic carbocycles. The Morgan fingerprint density at radius 1 is 0.967 bits per heavy atom. The second-order valence-electron chi connectivity index (χ2n) is 8.38. The quantitative estimate of drug-likeness (QED) is 0.675. The van der Waals surface area contributed by atoms with Crippen LogP contribution in [0.25, 0.3) is 0 Å². The predicted molar refractivity (Wildman–Crippen MR) is 120 cm³/mol. The fourth-order valence-electron chi connectivity index (χ4n) is 3.01. The number of hydrogen-bond donors (Lipinski definition) is 1. The first-order chi connectivity index (χ1) is 14.2. The molecular formula is C25H34N2O3. The SMILES string of the molecule is Cc1ccc(CN(C(=O)COc2cc(C)ccc2C)C(C)C(=O)NCC(C)C)cc1. The van der Waals surface area contributed by atoms with Gasteiger partial charge in [-0.3, -0.25) is 9.59 Å². The van der Waals surface area contributed by atoms with Gasteiger partial charge in [-0.1, -0.05) is 55.8 Å². The van der Waals surface area contributed by atoms with E-state index >= 15 is 0 Å². The van der Waals surface area contributed by atoms with Crippen LogP contribution >= 0.6 is 0 Å². The molecule has 0 aliphatic rings. The topological polar surface area (TPSA) is 58.6 Å². The molecule has 0 saturated carbocycles. The zero-order valence-corrected chi connectivity index (χ0v) is 19.0. The summed E-state index contributed by atoms with van der Waals surface area (Å²) in [5, 5.41) is 2.93. The number of aryl methyl sites for hydroxylation is 3. The summed E-state index contributed by atoms with van der Waals surface area (Å²) >= 11 is 0. The van der Waals surface area contributed by atoms with Crippen LogP contribution in [0.15, 0.2) is 42.5 Å². The van der Waals surface area contributed by atoms with Crippen molar-refractivity contribution in [2.75, 3.05) is 13.2 Å². The van der Waals surface area contributed by atoms with E-state index in [1.54, 1.807) is 11.8 Å². The van der Waals surface area contributed by atoms with E-state index in [1.165, 1.54) is 0 Å². The van der Waals surface area contributed by atoms with Crippen LogP contribution in [-0.4, -0.2) is 35.9 Å². The summed E-state index contributed by atoms with van der Waals surface area (Å²) in [5.41, 5.74) is 4.17. The summed E-state index contributed by atoms with van der Waals surface area (Å²) < 4.78 is 5.82. The van der Waals surface area contributed by atoms with Gasteiger partial charge in [0.15, 0.2) is 6.61 Å². The van der Waals surface area contributed by atoms with E-state index in [1.807, 2.05) is 77.1 Å². The number of carbonyl (C=O) groups excluding carboxylic acids is 2. The molecule has 0 heterocycles.